The van der Waals surface area contributed by atoms with Gasteiger partial charge in [-0.25, -0.2) is 15.0 Å². The van der Waals surface area contributed by atoms with Crippen molar-refractivity contribution in [2.24, 2.45) is 32.7 Å². The van der Waals surface area contributed by atoms with Crippen molar-refractivity contribution in [2.45, 2.75) is 74.1 Å². The fraction of sp³-hybridized carbons (Fsp3) is 0.452. The van der Waals surface area contributed by atoms with E-state index < -0.39 is 11.9 Å². The molecule has 8 bridgehead atoms. The van der Waals surface area contributed by atoms with Crippen molar-refractivity contribution < 1.29 is 28.9 Å². The van der Waals surface area contributed by atoms with Crippen LogP contribution in [0.1, 0.15) is 74.1 Å². The normalized spacial score (nSPS) is 23.6. The van der Waals surface area contributed by atoms with Crippen LogP contribution in [0.5, 0.6) is 0 Å². The number of allylic oxidation sites excluding steroid dienone is 11. The lowest BCUT2D eigenvalue weighted by atomic mass is 9.84. The second-order valence-corrected chi connectivity index (χ2v) is 14.0. The molecule has 0 aromatic heterocycles. The molecule has 10 heteroatoms. The Balaban J connectivity index is 1.49. The van der Waals surface area contributed by atoms with E-state index in [-0.39, 0.29) is 36.6 Å². The Morgan fingerprint density at radius 3 is 2.31 bits per heavy atom. The molecule has 1 fully saturated rings. The lowest BCUT2D eigenvalue weighted by Crippen LogP contribution is -2.26. The van der Waals surface area contributed by atoms with Gasteiger partial charge in [-0.15, -0.1) is 0 Å². The number of aliphatic hydroxyl groups is 1. The van der Waals surface area contributed by atoms with E-state index >= 15 is 0 Å². The zero-order chi connectivity index (χ0) is 37.3. The zero-order valence-electron chi connectivity index (χ0n) is 31.4. The average Bonchev–Trinajstić information content (AvgIpc) is 3.85. The number of esters is 1. The standard InChI is InChI=1S/C42H50N4O6/c1-9-14-50-15-16-51-17-18-52-42(49)38-37-39-29(13-12-22(4)47)25(7)32(45-39)19-30-23(5)27(10-2)34(43-30)20-31-24(6)28(11-3)35(44-31)21-33-26(8)36(41(38)48)40(37)46-33/h10,19-21,25,29,38,45,48H,2,9,11-18H2,1,3-8H3/t25-,29-,38+/m0/s1. The van der Waals surface area contributed by atoms with Gasteiger partial charge in [-0.05, 0) is 87.5 Å². The van der Waals surface area contributed by atoms with Gasteiger partial charge in [-0.1, -0.05) is 33.4 Å². The first-order valence-electron chi connectivity index (χ1n) is 18.4. The number of carbonyl (C=O) groups is 2. The van der Waals surface area contributed by atoms with Crippen LogP contribution < -0.4 is 5.32 Å². The topological polar surface area (TPSA) is 131 Å². The number of ketones is 1. The lowest BCUT2D eigenvalue weighted by Gasteiger charge is -2.20. The number of aliphatic imine (C=N–C) groups is 3. The maximum Gasteiger partial charge on any atom is 0.321 e. The van der Waals surface area contributed by atoms with Crippen LogP contribution in [0.2, 0.25) is 0 Å². The molecule has 5 aliphatic heterocycles. The summed E-state index contributed by atoms with van der Waals surface area (Å²) in [6.45, 7) is 19.8. The van der Waals surface area contributed by atoms with Crippen LogP contribution in [0.15, 0.2) is 119 Å². The highest BCUT2D eigenvalue weighted by Gasteiger charge is 2.49. The Hall–Kier alpha value is -4.67. The van der Waals surface area contributed by atoms with Crippen molar-refractivity contribution in [3.05, 3.63) is 104 Å². The molecule has 0 aromatic carbocycles. The predicted octanol–water partition coefficient (Wildman–Crippen LogP) is 7.43. The van der Waals surface area contributed by atoms with E-state index in [0.29, 0.717) is 55.2 Å². The summed E-state index contributed by atoms with van der Waals surface area (Å²) < 4.78 is 16.8. The number of aliphatic hydroxyl groups excluding tert-OH is 1. The third-order valence-corrected chi connectivity index (χ3v) is 10.7. The molecule has 1 saturated heterocycles. The molecule has 3 atom stereocenters. The Morgan fingerprint density at radius 2 is 1.62 bits per heavy atom. The first-order chi connectivity index (χ1) is 25.0. The molecule has 10 nitrogen and oxygen atoms in total. The maximum absolute atomic E-state index is 14.0. The summed E-state index contributed by atoms with van der Waals surface area (Å²) in [6, 6.07) is 0. The van der Waals surface area contributed by atoms with Gasteiger partial charge in [0.05, 0.1) is 54.0 Å². The quantitative estimate of drug-likeness (QED) is 0.142. The predicted molar refractivity (Wildman–Crippen MR) is 204 cm³/mol. The van der Waals surface area contributed by atoms with Crippen molar-refractivity contribution in [3.8, 4) is 0 Å². The fourth-order valence-electron chi connectivity index (χ4n) is 7.76. The molecule has 274 valence electrons. The largest absolute Gasteiger partial charge is 0.510 e. The molecule has 0 spiro atoms. The summed E-state index contributed by atoms with van der Waals surface area (Å²) in [5, 5.41) is 15.6. The highest BCUT2D eigenvalue weighted by atomic mass is 16.6. The summed E-state index contributed by atoms with van der Waals surface area (Å²) >= 11 is 0. The van der Waals surface area contributed by atoms with Crippen molar-refractivity contribution in [1.82, 2.24) is 5.32 Å². The fourth-order valence-corrected chi connectivity index (χ4v) is 7.76. The molecule has 0 radical (unpaired) electrons. The smallest absolute Gasteiger partial charge is 0.321 e. The average molecular weight is 707 g/mol. The Morgan fingerprint density at radius 1 is 0.923 bits per heavy atom. The number of hydrogen-bond acceptors (Lipinski definition) is 10. The number of fused-ring (bicyclic) bond motifs is 5. The minimum atomic E-state index is -1.10. The summed E-state index contributed by atoms with van der Waals surface area (Å²) in [5.41, 5.74) is 12.1. The van der Waals surface area contributed by atoms with Crippen molar-refractivity contribution in [3.63, 3.8) is 0 Å². The molecule has 1 aliphatic carbocycles. The van der Waals surface area contributed by atoms with Crippen LogP contribution in [0.25, 0.3) is 0 Å². The Labute approximate surface area is 306 Å². The first kappa shape index (κ1) is 37.1. The van der Waals surface area contributed by atoms with Gasteiger partial charge in [-0.2, -0.15) is 0 Å². The SMILES string of the molecule is C=CC1=C(C)C2=NC1=CC1=NC(=CC3=C(C)C4=C(O)[C@H](C(=O)OCCOCCOCCC)C(=C5NC(=C2)[C@@H](C)[C@@H]5CCC(C)=O)C4=N3)C(CC)=C1C. The highest BCUT2D eigenvalue weighted by molar-refractivity contribution is 6.24. The summed E-state index contributed by atoms with van der Waals surface area (Å²) in [6.07, 6.45) is 10.5. The molecule has 2 N–H and O–H groups in total. The first-order valence-corrected chi connectivity index (χ1v) is 18.4. The number of carbonyl (C=O) groups excluding carboxylic acids is 2. The van der Waals surface area contributed by atoms with Gasteiger partial charge >= 0.3 is 5.97 Å². The van der Waals surface area contributed by atoms with Crippen LogP contribution in [-0.4, -0.2) is 67.0 Å². The van der Waals surface area contributed by atoms with Gasteiger partial charge in [0.1, 0.15) is 24.1 Å². The Kier molecular flexibility index (Phi) is 11.1. The van der Waals surface area contributed by atoms with Crippen LogP contribution in [0, 0.1) is 17.8 Å². The number of ether oxygens (including phenoxy) is 3. The third-order valence-electron chi connectivity index (χ3n) is 10.7. The highest BCUT2D eigenvalue weighted by Crippen LogP contribution is 2.49. The van der Waals surface area contributed by atoms with Gasteiger partial charge in [0, 0.05) is 53.0 Å². The van der Waals surface area contributed by atoms with Gasteiger partial charge in [-0.3, -0.25) is 4.79 Å². The summed E-state index contributed by atoms with van der Waals surface area (Å²) in [4.78, 5) is 41.6. The second-order valence-electron chi connectivity index (χ2n) is 14.0. The number of nitrogens with zero attached hydrogens (tertiary/aromatic N) is 3. The van der Waals surface area contributed by atoms with E-state index in [4.69, 9.17) is 29.2 Å². The van der Waals surface area contributed by atoms with E-state index in [1.165, 1.54) is 0 Å². The number of hydrogen-bond donors (Lipinski definition) is 2. The number of nitrogens with one attached hydrogen (secondary N) is 1. The lowest BCUT2D eigenvalue weighted by molar-refractivity contribution is -0.148. The maximum atomic E-state index is 14.0. The molecule has 0 amide bonds. The van der Waals surface area contributed by atoms with Crippen LogP contribution in [0.4, 0.5) is 0 Å². The van der Waals surface area contributed by atoms with E-state index in [2.05, 4.69) is 38.7 Å². The van der Waals surface area contributed by atoms with Crippen LogP contribution in [-0.2, 0) is 23.8 Å². The second kappa shape index (κ2) is 15.5. The monoisotopic (exact) mass is 706 g/mol. The summed E-state index contributed by atoms with van der Waals surface area (Å²) in [7, 11) is 0. The zero-order valence-corrected chi connectivity index (χ0v) is 31.4. The van der Waals surface area contributed by atoms with Gasteiger partial charge < -0.3 is 29.4 Å². The van der Waals surface area contributed by atoms with Crippen molar-refractivity contribution in [1.29, 1.82) is 0 Å². The molecular weight excluding hydrogens is 656 g/mol. The van der Waals surface area contributed by atoms with Gasteiger partial charge in [0.2, 0.25) is 0 Å². The van der Waals surface area contributed by atoms with Gasteiger partial charge in [0.15, 0.2) is 0 Å². The molecular formula is C42H50N4O6. The molecule has 6 aliphatic rings. The number of Topliss-reactive ketones (excluding diaryl/α,β-unsaturated/α-hetero) is 1. The number of rotatable bonds is 14. The minimum absolute atomic E-state index is 0.0223. The third kappa shape index (κ3) is 6.81. The minimum Gasteiger partial charge on any atom is -0.510 e. The molecule has 0 saturated carbocycles. The van der Waals surface area contributed by atoms with E-state index in [1.807, 2.05) is 39.0 Å². The molecule has 6 rings (SSSR count). The van der Waals surface area contributed by atoms with Crippen molar-refractivity contribution in [2.75, 3.05) is 33.0 Å². The Bertz CT molecular complexity index is 1960. The van der Waals surface area contributed by atoms with E-state index in [0.717, 1.165) is 74.9 Å². The summed E-state index contributed by atoms with van der Waals surface area (Å²) in [5.74, 6) is -1.93. The van der Waals surface area contributed by atoms with E-state index in [1.54, 1.807) is 6.92 Å². The molecule has 52 heavy (non-hydrogen) atoms. The van der Waals surface area contributed by atoms with Crippen molar-refractivity contribution >= 4 is 28.9 Å². The van der Waals surface area contributed by atoms with Gasteiger partial charge in [0.25, 0.3) is 0 Å². The molecule has 0 aromatic rings. The molecule has 0 unspecified atom stereocenters. The molecule has 5 heterocycles. The van der Waals surface area contributed by atoms with Crippen LogP contribution >= 0.6 is 0 Å². The van der Waals surface area contributed by atoms with E-state index in [9.17, 15) is 14.7 Å². The van der Waals surface area contributed by atoms with Crippen LogP contribution in [0.3, 0.4) is 0 Å².